The number of imide groups is 4. The first kappa shape index (κ1) is 77.1. The topological polar surface area (TPSA) is 530 Å². The summed E-state index contributed by atoms with van der Waals surface area (Å²) in [7, 11) is 0. The Morgan fingerprint density at radius 1 is 0.374 bits per heavy atom. The summed E-state index contributed by atoms with van der Waals surface area (Å²) in [5, 5.41) is 15.6. The Bertz CT molecular complexity index is 4120. The highest BCUT2D eigenvalue weighted by Gasteiger charge is 2.36. The van der Waals surface area contributed by atoms with Crippen LogP contribution in [0.5, 0.6) is 0 Å². The molecule has 10 amide bonds. The normalized spacial score (nSPS) is 13.5. The predicted octanol–water partition coefficient (Wildman–Crippen LogP) is 5.12. The number of hydrogen-bond acceptors (Lipinski definition) is 24. The highest BCUT2D eigenvalue weighted by atomic mass is 16.6. The van der Waals surface area contributed by atoms with Crippen LogP contribution in [0.4, 0.5) is 72.2 Å². The molecular weight excluding hydrogens is 1280 g/mol. The van der Waals surface area contributed by atoms with Gasteiger partial charge in [-0.1, -0.05) is 42.5 Å². The van der Waals surface area contributed by atoms with Gasteiger partial charge in [-0.15, -0.1) is 0 Å². The Morgan fingerprint density at radius 3 is 0.990 bits per heavy atom. The molecule has 0 saturated heterocycles. The Kier molecular flexibility index (Phi) is 27.0. The summed E-state index contributed by atoms with van der Waals surface area (Å²) in [6.45, 7) is 12.6. The van der Waals surface area contributed by atoms with E-state index in [0.29, 0.717) is 59.1 Å². The molecular formula is C68H79N17O14. The second-order valence-corrected chi connectivity index (χ2v) is 23.4. The van der Waals surface area contributed by atoms with Crippen LogP contribution in [0.25, 0.3) is 0 Å². The number of ether oxygens (including phenoxy) is 2. The quantitative estimate of drug-likeness (QED) is 0.0309. The van der Waals surface area contributed by atoms with Gasteiger partial charge >= 0.3 is 12.2 Å². The van der Waals surface area contributed by atoms with Gasteiger partial charge in [0.25, 0.3) is 52.9 Å². The van der Waals surface area contributed by atoms with Crippen molar-refractivity contribution in [3.63, 3.8) is 0 Å². The molecule has 0 aliphatic carbocycles. The lowest BCUT2D eigenvalue weighted by Gasteiger charge is -2.24. The Morgan fingerprint density at radius 2 is 0.646 bits per heavy atom. The zero-order valence-corrected chi connectivity index (χ0v) is 55.1. The summed E-state index contributed by atoms with van der Waals surface area (Å²) in [4.78, 5) is 133. The maximum absolute atomic E-state index is 12.2. The van der Waals surface area contributed by atoms with Crippen molar-refractivity contribution in [2.45, 2.75) is 92.0 Å². The summed E-state index contributed by atoms with van der Waals surface area (Å²) in [5.74, 6) is -4.48. The summed E-state index contributed by atoms with van der Waals surface area (Å²) >= 11 is 0. The van der Waals surface area contributed by atoms with Gasteiger partial charge in [-0.05, 0) is 142 Å². The fourth-order valence-corrected chi connectivity index (χ4v) is 8.65. The van der Waals surface area contributed by atoms with E-state index in [0.717, 1.165) is 90.6 Å². The van der Waals surface area contributed by atoms with Gasteiger partial charge in [0.2, 0.25) is 0 Å². The van der Waals surface area contributed by atoms with Crippen LogP contribution in [0.2, 0.25) is 0 Å². The number of carbonyl (C=O) groups is 10. The molecule has 6 aromatic rings. The lowest BCUT2D eigenvalue weighted by Crippen LogP contribution is -2.35. The van der Waals surface area contributed by atoms with Crippen LogP contribution in [-0.4, -0.2) is 75.6 Å². The number of alkyl carbamates (subject to hydrolysis) is 2. The molecule has 22 N–H and O–H groups in total. The number of rotatable bonds is 13. The third-order valence-electron chi connectivity index (χ3n) is 13.5. The summed E-state index contributed by atoms with van der Waals surface area (Å²) in [6, 6.07) is 31.9. The van der Waals surface area contributed by atoms with Gasteiger partial charge in [0, 0.05) is 99.6 Å². The van der Waals surface area contributed by atoms with Gasteiger partial charge in [-0.25, -0.2) is 29.2 Å². The Balaban J connectivity index is 0.000000225. The van der Waals surface area contributed by atoms with Crippen LogP contribution in [-0.2, 0) is 87.1 Å². The lowest BCUT2D eigenvalue weighted by atomic mass is 10.1. The first-order valence-electron chi connectivity index (χ1n) is 30.0. The average Bonchev–Trinajstić information content (AvgIpc) is 1.69. The molecule has 99 heavy (non-hydrogen) atoms. The minimum Gasteiger partial charge on any atom is -0.444 e. The maximum atomic E-state index is 12.2. The molecule has 0 radical (unpaired) electrons. The van der Waals surface area contributed by atoms with Crippen LogP contribution < -0.4 is 87.6 Å². The predicted molar refractivity (Wildman–Crippen MR) is 376 cm³/mol. The van der Waals surface area contributed by atoms with E-state index in [1.807, 2.05) is 57.2 Å². The van der Waals surface area contributed by atoms with Gasteiger partial charge < -0.3 is 77.4 Å². The fourth-order valence-electron chi connectivity index (χ4n) is 8.65. The van der Waals surface area contributed by atoms with Crippen molar-refractivity contribution in [1.82, 2.24) is 10.6 Å². The number of nitro benzene ring substituents is 1. The van der Waals surface area contributed by atoms with Gasteiger partial charge in [-0.2, -0.15) is 0 Å². The zero-order chi connectivity index (χ0) is 73.6. The van der Waals surface area contributed by atoms with Crippen LogP contribution in [0.1, 0.15) is 74.9 Å². The van der Waals surface area contributed by atoms with E-state index in [-0.39, 0.29) is 53.8 Å². The molecule has 0 unspecified atom stereocenters. The number of nitrogens with two attached hydrogens (primary N) is 10. The average molecular weight is 1360 g/mol. The maximum Gasteiger partial charge on any atom is 0.407 e. The number of nitro groups is 1. The smallest absolute Gasteiger partial charge is 0.407 e. The summed E-state index contributed by atoms with van der Waals surface area (Å²) < 4.78 is 10.3. The molecule has 0 fully saturated rings. The fraction of sp³-hybridized carbons (Fsp3) is 0.206. The zero-order valence-electron chi connectivity index (χ0n) is 55.1. The minimum atomic E-state index is -0.664. The molecule has 0 spiro atoms. The van der Waals surface area contributed by atoms with Gasteiger partial charge in [-0.3, -0.25) is 48.5 Å². The second kappa shape index (κ2) is 34.7. The third kappa shape index (κ3) is 22.5. The monoisotopic (exact) mass is 1360 g/mol. The molecule has 0 atom stereocenters. The summed E-state index contributed by atoms with van der Waals surface area (Å²) in [5.41, 5.74) is 62.0. The van der Waals surface area contributed by atoms with Crippen LogP contribution in [0.3, 0.4) is 0 Å². The van der Waals surface area contributed by atoms with Crippen molar-refractivity contribution < 1.29 is 62.3 Å². The number of amides is 10. The van der Waals surface area contributed by atoms with Crippen molar-refractivity contribution in [2.75, 3.05) is 54.0 Å². The van der Waals surface area contributed by atoms with E-state index in [9.17, 15) is 58.1 Å². The van der Waals surface area contributed by atoms with Gasteiger partial charge in [0.05, 0.1) is 50.4 Å². The van der Waals surface area contributed by atoms with Crippen molar-refractivity contribution >= 4 is 122 Å². The van der Waals surface area contributed by atoms with E-state index < -0.39 is 75.6 Å². The first-order chi connectivity index (χ1) is 46.6. The molecule has 10 rings (SSSR count). The van der Waals surface area contributed by atoms with Crippen molar-refractivity contribution in [2.24, 2.45) is 22.9 Å². The number of hydrogen-bond donors (Lipinski definition) is 12. The number of carbonyl (C=O) groups excluding carboxylic acids is 10. The standard InChI is InChI=1S/C20H19N3O6.C15H11N3O4.C12H19N3O2.C7H9N3O2.C7H11N3.C7H10N2/c1-20(2,3)29-19(28)21-11-12-4-5-13(22-15(24)6-7-16(22)25)14(10-12)23-17(26)8-9-18(23)27;16-8-9-1-2-10(17-12(19)3-4-13(17)20)11(7-9)18-14(21)5-6-15(18)22;1-12(2,3)17-11(16)15-7-8-4-5-9(13)10(14)6-8;8-4-5-1-2-6(9)7(3-5)10(11)12;8-4-5-1-2-6(9)7(10)3-5;8-5-6-1-3-7(9)4-2-6/h4-10H,11H2,1-3H3,(H,21,28);1-7H,8,16H2;4-6H,7,13-14H2,1-3H3,(H,15,16);1-3H,4,8-9H2;1-3H,4,8-10H2;1-4H,5,8-9H2. The van der Waals surface area contributed by atoms with Gasteiger partial charge in [0.1, 0.15) is 16.9 Å². The van der Waals surface area contributed by atoms with Crippen LogP contribution in [0.15, 0.2) is 164 Å². The molecule has 0 saturated carbocycles. The molecule has 6 aromatic carbocycles. The molecule has 520 valence electrons. The molecule has 31 heteroatoms. The third-order valence-corrected chi connectivity index (χ3v) is 13.5. The van der Waals surface area contributed by atoms with Crippen LogP contribution in [0, 0.1) is 10.1 Å². The van der Waals surface area contributed by atoms with Gasteiger partial charge in [0.15, 0.2) is 0 Å². The van der Waals surface area contributed by atoms with E-state index in [1.54, 1.807) is 63.2 Å². The molecule has 0 bridgehead atoms. The largest absolute Gasteiger partial charge is 0.444 e. The highest BCUT2D eigenvalue weighted by Crippen LogP contribution is 2.36. The van der Waals surface area contributed by atoms with Crippen molar-refractivity contribution in [3.05, 3.63) is 207 Å². The first-order valence-corrected chi connectivity index (χ1v) is 30.0. The van der Waals surface area contributed by atoms with Crippen molar-refractivity contribution in [1.29, 1.82) is 0 Å². The summed E-state index contributed by atoms with van der Waals surface area (Å²) in [6.07, 6.45) is 7.86. The molecule has 31 nitrogen and oxygen atoms in total. The Labute approximate surface area is 569 Å². The molecule has 4 heterocycles. The highest BCUT2D eigenvalue weighted by molar-refractivity contribution is 6.34. The molecule has 0 aromatic heterocycles. The minimum absolute atomic E-state index is 0.0476. The Hall–Kier alpha value is -12.6. The van der Waals surface area contributed by atoms with E-state index in [1.165, 1.54) is 36.4 Å². The van der Waals surface area contributed by atoms with E-state index in [2.05, 4.69) is 10.6 Å². The number of nitrogens with one attached hydrogen (secondary N) is 2. The van der Waals surface area contributed by atoms with E-state index in [4.69, 9.17) is 66.8 Å². The SMILES string of the molecule is CC(C)(C)OC(=O)NCc1ccc(N)c(N)c1.CC(C)(C)OC(=O)NCc1ccc(N2C(=O)C=CC2=O)c(N2C(=O)C=CC2=O)c1.NCc1ccc(N)c(N)c1.NCc1ccc(N)c([N+](=O)[O-])c1.NCc1ccc(N)cc1.NCc1ccc(N2C(=O)C=CC2=O)c(N2C(=O)C=CC2=O)c1. The number of nitrogens with zero attached hydrogens (tertiary/aromatic N) is 5. The number of anilines is 10. The van der Waals surface area contributed by atoms with E-state index >= 15 is 0 Å². The van der Waals surface area contributed by atoms with Crippen LogP contribution >= 0.6 is 0 Å². The lowest BCUT2D eigenvalue weighted by molar-refractivity contribution is -0.384. The number of nitrogen functional groups attached to an aromatic ring is 6. The molecule has 4 aliphatic heterocycles. The van der Waals surface area contributed by atoms with Crippen molar-refractivity contribution in [3.8, 4) is 0 Å². The number of benzene rings is 6. The molecule has 4 aliphatic rings. The second-order valence-electron chi connectivity index (χ2n) is 23.4.